The molecule has 0 amide bonds. The predicted molar refractivity (Wildman–Crippen MR) is 77.6 cm³/mol. The Kier molecular flexibility index (Phi) is 2.98. The number of fused-ring (bicyclic) bond motifs is 1. The first-order valence-electron chi connectivity index (χ1n) is 6.20. The topological polar surface area (TPSA) is 51.0 Å². The molecule has 0 aliphatic rings. The first-order valence-corrected chi connectivity index (χ1v) is 6.98. The van der Waals surface area contributed by atoms with E-state index in [1.807, 2.05) is 32.0 Å². The maximum absolute atomic E-state index is 5.22. The molecule has 0 saturated heterocycles. The zero-order valence-corrected chi connectivity index (χ0v) is 11.9. The number of nitrogens with zero attached hydrogens (tertiary/aromatic N) is 2. The van der Waals surface area contributed by atoms with Crippen LogP contribution in [0.25, 0.3) is 10.9 Å². The van der Waals surface area contributed by atoms with Crippen LogP contribution in [0.1, 0.15) is 30.0 Å². The molecule has 1 unspecified atom stereocenters. The number of aryl methyl sites for hydroxylation is 2. The minimum Gasteiger partial charge on any atom is -0.368 e. The fourth-order valence-electron chi connectivity index (χ4n) is 2.37. The molecule has 2 heterocycles. The van der Waals surface area contributed by atoms with E-state index in [1.54, 1.807) is 0 Å². The Morgan fingerprint density at radius 1 is 1.26 bits per heavy atom. The van der Waals surface area contributed by atoms with Crippen molar-refractivity contribution in [2.75, 3.05) is 5.32 Å². The molecule has 19 heavy (non-hydrogen) atoms. The van der Waals surface area contributed by atoms with E-state index in [2.05, 4.69) is 27.8 Å². The van der Waals surface area contributed by atoms with Gasteiger partial charge in [-0.1, -0.05) is 17.3 Å². The molecule has 0 aliphatic heterocycles. The fraction of sp³-hybridized carbons (Fsp3) is 0.286. The number of aromatic nitrogens is 2. The second-order valence-electron chi connectivity index (χ2n) is 4.63. The standard InChI is InChI=1S/C14H15N3OS/c1-8(13-9(2)16-18-10(13)3)15-14-11-6-4-5-7-12(11)17-19-14/h4-8,15H,1-3H3. The highest BCUT2D eigenvalue weighted by molar-refractivity contribution is 7.11. The lowest BCUT2D eigenvalue weighted by molar-refractivity contribution is 0.392. The summed E-state index contributed by atoms with van der Waals surface area (Å²) in [6.45, 7) is 6.02. The molecule has 3 aromatic rings. The van der Waals surface area contributed by atoms with Crippen molar-refractivity contribution < 1.29 is 4.52 Å². The van der Waals surface area contributed by atoms with Gasteiger partial charge in [0, 0.05) is 10.9 Å². The Balaban J connectivity index is 1.93. The molecule has 1 aromatic carbocycles. The quantitative estimate of drug-likeness (QED) is 0.781. The fourth-order valence-corrected chi connectivity index (χ4v) is 3.22. The van der Waals surface area contributed by atoms with Gasteiger partial charge in [0.2, 0.25) is 0 Å². The van der Waals surface area contributed by atoms with E-state index < -0.39 is 0 Å². The average Bonchev–Trinajstić information content (AvgIpc) is 2.94. The van der Waals surface area contributed by atoms with Gasteiger partial charge in [-0.05, 0) is 44.4 Å². The number of hydrogen-bond acceptors (Lipinski definition) is 5. The monoisotopic (exact) mass is 273 g/mol. The van der Waals surface area contributed by atoms with E-state index in [1.165, 1.54) is 11.5 Å². The van der Waals surface area contributed by atoms with Crippen LogP contribution in [0.3, 0.4) is 0 Å². The van der Waals surface area contributed by atoms with Crippen molar-refractivity contribution in [3.05, 3.63) is 41.3 Å². The number of rotatable bonds is 3. The first-order chi connectivity index (χ1) is 9.16. The smallest absolute Gasteiger partial charge is 0.139 e. The van der Waals surface area contributed by atoms with Crippen LogP contribution in [0.4, 0.5) is 5.00 Å². The molecule has 2 aromatic heterocycles. The lowest BCUT2D eigenvalue weighted by Gasteiger charge is -2.13. The van der Waals surface area contributed by atoms with Crippen molar-refractivity contribution in [2.45, 2.75) is 26.8 Å². The number of nitrogens with one attached hydrogen (secondary N) is 1. The van der Waals surface area contributed by atoms with Gasteiger partial charge in [0.05, 0.1) is 17.3 Å². The third kappa shape index (κ3) is 2.10. The van der Waals surface area contributed by atoms with Gasteiger partial charge in [0.1, 0.15) is 10.8 Å². The zero-order chi connectivity index (χ0) is 13.4. The van der Waals surface area contributed by atoms with Gasteiger partial charge in [-0.2, -0.15) is 4.37 Å². The van der Waals surface area contributed by atoms with Gasteiger partial charge < -0.3 is 9.84 Å². The third-order valence-corrected chi connectivity index (χ3v) is 4.06. The highest BCUT2D eigenvalue weighted by atomic mass is 32.1. The van der Waals surface area contributed by atoms with E-state index in [-0.39, 0.29) is 6.04 Å². The molecule has 5 heteroatoms. The highest BCUT2D eigenvalue weighted by Gasteiger charge is 2.17. The molecule has 0 saturated carbocycles. The molecule has 1 N–H and O–H groups in total. The lowest BCUT2D eigenvalue weighted by atomic mass is 10.1. The molecule has 1 atom stereocenters. The Bertz CT molecular complexity index is 697. The van der Waals surface area contributed by atoms with E-state index in [0.717, 1.165) is 32.9 Å². The Labute approximate surface area is 115 Å². The van der Waals surface area contributed by atoms with E-state index in [4.69, 9.17) is 4.52 Å². The van der Waals surface area contributed by atoms with E-state index in [0.29, 0.717) is 0 Å². The average molecular weight is 273 g/mol. The molecule has 3 rings (SSSR count). The highest BCUT2D eigenvalue weighted by Crippen LogP contribution is 2.32. The third-order valence-electron chi connectivity index (χ3n) is 3.25. The van der Waals surface area contributed by atoms with Crippen LogP contribution in [-0.4, -0.2) is 9.53 Å². The van der Waals surface area contributed by atoms with Gasteiger partial charge >= 0.3 is 0 Å². The summed E-state index contributed by atoms with van der Waals surface area (Å²) >= 11 is 1.49. The van der Waals surface area contributed by atoms with Crippen LogP contribution >= 0.6 is 11.5 Å². The first kappa shape index (κ1) is 12.2. The summed E-state index contributed by atoms with van der Waals surface area (Å²) in [5, 5.41) is 9.75. The largest absolute Gasteiger partial charge is 0.368 e. The molecule has 98 valence electrons. The second kappa shape index (κ2) is 4.66. The summed E-state index contributed by atoms with van der Waals surface area (Å²) in [5.74, 6) is 0.867. The van der Waals surface area contributed by atoms with Crippen molar-refractivity contribution in [3.63, 3.8) is 0 Å². The minimum atomic E-state index is 0.148. The van der Waals surface area contributed by atoms with E-state index >= 15 is 0 Å². The maximum Gasteiger partial charge on any atom is 0.139 e. The van der Waals surface area contributed by atoms with Crippen LogP contribution in [0, 0.1) is 13.8 Å². The van der Waals surface area contributed by atoms with Crippen LogP contribution in [-0.2, 0) is 0 Å². The van der Waals surface area contributed by atoms with Crippen LogP contribution < -0.4 is 5.32 Å². The summed E-state index contributed by atoms with van der Waals surface area (Å²) in [7, 11) is 0. The molecule has 0 fully saturated rings. The van der Waals surface area contributed by atoms with Gasteiger partial charge in [-0.3, -0.25) is 0 Å². The molecule has 0 spiro atoms. The van der Waals surface area contributed by atoms with Crippen LogP contribution in [0.15, 0.2) is 28.8 Å². The second-order valence-corrected chi connectivity index (χ2v) is 5.41. The van der Waals surface area contributed by atoms with Crippen molar-refractivity contribution in [3.8, 4) is 0 Å². The summed E-state index contributed by atoms with van der Waals surface area (Å²) in [6, 6.07) is 8.29. The van der Waals surface area contributed by atoms with E-state index in [9.17, 15) is 0 Å². The van der Waals surface area contributed by atoms with Crippen molar-refractivity contribution in [1.82, 2.24) is 9.53 Å². The molecular weight excluding hydrogens is 258 g/mol. The maximum atomic E-state index is 5.22. The SMILES string of the molecule is Cc1noc(C)c1C(C)Nc1snc2ccccc12. The van der Waals surface area contributed by atoms with Crippen molar-refractivity contribution in [2.24, 2.45) is 0 Å². The number of anilines is 1. The van der Waals surface area contributed by atoms with Crippen molar-refractivity contribution in [1.29, 1.82) is 0 Å². The lowest BCUT2D eigenvalue weighted by Crippen LogP contribution is -2.07. The van der Waals surface area contributed by atoms with Crippen LogP contribution in [0.2, 0.25) is 0 Å². The molecule has 0 radical (unpaired) electrons. The summed E-state index contributed by atoms with van der Waals surface area (Å²) in [5.41, 5.74) is 3.09. The number of hydrogen-bond donors (Lipinski definition) is 1. The summed E-state index contributed by atoms with van der Waals surface area (Å²) in [6.07, 6.45) is 0. The Morgan fingerprint density at radius 2 is 2.05 bits per heavy atom. The van der Waals surface area contributed by atoms with Gasteiger partial charge in [0.25, 0.3) is 0 Å². The molecule has 4 nitrogen and oxygen atoms in total. The molecular formula is C14H15N3OS. The number of benzene rings is 1. The predicted octanol–water partition coefficient (Wildman–Crippen LogP) is 4.07. The van der Waals surface area contributed by atoms with Gasteiger partial charge in [-0.15, -0.1) is 0 Å². The van der Waals surface area contributed by atoms with Gasteiger partial charge in [-0.25, -0.2) is 0 Å². The summed E-state index contributed by atoms with van der Waals surface area (Å²) in [4.78, 5) is 0. The molecule has 0 aliphatic carbocycles. The summed E-state index contributed by atoms with van der Waals surface area (Å²) < 4.78 is 9.66. The molecule has 0 bridgehead atoms. The minimum absolute atomic E-state index is 0.148. The van der Waals surface area contributed by atoms with Crippen LogP contribution in [0.5, 0.6) is 0 Å². The van der Waals surface area contributed by atoms with Crippen molar-refractivity contribution >= 4 is 27.4 Å². The normalized spacial score (nSPS) is 12.8. The van der Waals surface area contributed by atoms with Gasteiger partial charge in [0.15, 0.2) is 0 Å². The Hall–Kier alpha value is -1.88. The Morgan fingerprint density at radius 3 is 2.79 bits per heavy atom. The zero-order valence-electron chi connectivity index (χ0n) is 11.1.